The van der Waals surface area contributed by atoms with Gasteiger partial charge in [0.25, 0.3) is 5.91 Å². The molecule has 0 heterocycles. The van der Waals surface area contributed by atoms with Gasteiger partial charge in [0.2, 0.25) is 0 Å². The Morgan fingerprint density at radius 1 is 1.17 bits per heavy atom. The van der Waals surface area contributed by atoms with Gasteiger partial charge in [-0.3, -0.25) is 4.79 Å². The molecule has 0 bridgehead atoms. The number of amides is 1. The number of carbonyl (C=O) groups is 1. The van der Waals surface area contributed by atoms with Crippen molar-refractivity contribution in [2.75, 3.05) is 13.1 Å². The van der Waals surface area contributed by atoms with E-state index in [0.29, 0.717) is 24.0 Å². The third-order valence-electron chi connectivity index (χ3n) is 3.49. The first-order valence-corrected chi connectivity index (χ1v) is 8.43. The van der Waals surface area contributed by atoms with Crippen LogP contribution in [0, 0.1) is 5.92 Å². The van der Waals surface area contributed by atoms with E-state index in [1.165, 1.54) is 0 Å². The number of halogens is 1. The number of hydrogen-bond donors (Lipinski definition) is 3. The molecule has 0 aromatic heterocycles. The number of nitrogens with zero attached hydrogens (tertiary/aromatic N) is 1. The SMILES string of the molecule is CCCCNC(=O)c1ccc(CN=C(N)NCCC(C)C)cc1.I. The standard InChI is InChI=1S/C18H30N4O.HI/c1-4-5-11-20-17(23)16-8-6-15(7-9-16)13-22-18(19)21-12-10-14(2)3;/h6-9,14H,4-5,10-13H2,1-3H3,(H,20,23)(H3,19,21,22);1H. The minimum atomic E-state index is -0.0247. The number of aliphatic imine (C=N–C) groups is 1. The van der Waals surface area contributed by atoms with Crippen molar-refractivity contribution in [1.82, 2.24) is 10.6 Å². The molecule has 0 aliphatic carbocycles. The fourth-order valence-electron chi connectivity index (χ4n) is 1.96. The lowest BCUT2D eigenvalue weighted by Gasteiger charge is -2.08. The van der Waals surface area contributed by atoms with Crippen molar-refractivity contribution in [2.45, 2.75) is 46.6 Å². The van der Waals surface area contributed by atoms with Gasteiger partial charge in [-0.2, -0.15) is 0 Å². The highest BCUT2D eigenvalue weighted by molar-refractivity contribution is 14.0. The molecule has 1 rings (SSSR count). The molecular weight excluding hydrogens is 415 g/mol. The van der Waals surface area contributed by atoms with Gasteiger partial charge in [-0.05, 0) is 36.5 Å². The Morgan fingerprint density at radius 2 is 1.83 bits per heavy atom. The summed E-state index contributed by atoms with van der Waals surface area (Å²) >= 11 is 0. The van der Waals surface area contributed by atoms with Crippen molar-refractivity contribution in [3.05, 3.63) is 35.4 Å². The van der Waals surface area contributed by atoms with Gasteiger partial charge in [0, 0.05) is 18.7 Å². The van der Waals surface area contributed by atoms with E-state index in [4.69, 9.17) is 5.73 Å². The van der Waals surface area contributed by atoms with Crippen LogP contribution in [-0.4, -0.2) is 25.0 Å². The highest BCUT2D eigenvalue weighted by Crippen LogP contribution is 2.06. The Kier molecular flexibility index (Phi) is 12.3. The minimum Gasteiger partial charge on any atom is -0.370 e. The highest BCUT2D eigenvalue weighted by Gasteiger charge is 2.04. The summed E-state index contributed by atoms with van der Waals surface area (Å²) in [6, 6.07) is 7.49. The molecule has 1 aromatic rings. The van der Waals surface area contributed by atoms with Gasteiger partial charge in [-0.1, -0.05) is 39.3 Å². The van der Waals surface area contributed by atoms with Gasteiger partial charge in [0.15, 0.2) is 5.96 Å². The van der Waals surface area contributed by atoms with Crippen molar-refractivity contribution in [1.29, 1.82) is 0 Å². The van der Waals surface area contributed by atoms with Crippen molar-refractivity contribution in [3.8, 4) is 0 Å². The molecule has 0 saturated heterocycles. The average molecular weight is 446 g/mol. The van der Waals surface area contributed by atoms with Crippen LogP contribution in [0.25, 0.3) is 0 Å². The predicted octanol–water partition coefficient (Wildman–Crippen LogP) is 3.28. The van der Waals surface area contributed by atoms with Crippen molar-refractivity contribution in [2.24, 2.45) is 16.6 Å². The van der Waals surface area contributed by atoms with Crippen molar-refractivity contribution < 1.29 is 4.79 Å². The van der Waals surface area contributed by atoms with Crippen molar-refractivity contribution in [3.63, 3.8) is 0 Å². The molecule has 0 unspecified atom stereocenters. The molecule has 0 radical (unpaired) electrons. The zero-order valence-corrected chi connectivity index (χ0v) is 17.3. The monoisotopic (exact) mass is 446 g/mol. The molecule has 4 N–H and O–H groups in total. The van der Waals surface area contributed by atoms with E-state index in [1.807, 2.05) is 24.3 Å². The van der Waals surface area contributed by atoms with Crippen LogP contribution in [0.4, 0.5) is 0 Å². The van der Waals surface area contributed by atoms with Gasteiger partial charge in [0.1, 0.15) is 0 Å². The second-order valence-corrected chi connectivity index (χ2v) is 6.12. The fourth-order valence-corrected chi connectivity index (χ4v) is 1.96. The third kappa shape index (κ3) is 9.75. The first-order valence-electron chi connectivity index (χ1n) is 8.43. The van der Waals surface area contributed by atoms with Crippen LogP contribution >= 0.6 is 24.0 Å². The van der Waals surface area contributed by atoms with Crippen LogP contribution < -0.4 is 16.4 Å². The van der Waals surface area contributed by atoms with Gasteiger partial charge >= 0.3 is 0 Å². The molecule has 5 nitrogen and oxygen atoms in total. The molecule has 136 valence electrons. The van der Waals surface area contributed by atoms with Crippen LogP contribution in [0.5, 0.6) is 0 Å². The second-order valence-electron chi connectivity index (χ2n) is 6.12. The second kappa shape index (κ2) is 13.0. The summed E-state index contributed by atoms with van der Waals surface area (Å²) < 4.78 is 0. The Morgan fingerprint density at radius 3 is 2.42 bits per heavy atom. The summed E-state index contributed by atoms with van der Waals surface area (Å²) in [6.07, 6.45) is 3.14. The van der Waals surface area contributed by atoms with Crippen LogP contribution in [0.1, 0.15) is 56.0 Å². The predicted molar refractivity (Wildman–Crippen MR) is 112 cm³/mol. The average Bonchev–Trinajstić information content (AvgIpc) is 2.53. The number of nitrogens with two attached hydrogens (primary N) is 1. The maximum atomic E-state index is 11.9. The lowest BCUT2D eigenvalue weighted by atomic mass is 10.1. The topological polar surface area (TPSA) is 79.5 Å². The molecule has 1 aromatic carbocycles. The highest BCUT2D eigenvalue weighted by atomic mass is 127. The lowest BCUT2D eigenvalue weighted by Crippen LogP contribution is -2.32. The van der Waals surface area contributed by atoms with E-state index in [-0.39, 0.29) is 29.9 Å². The number of carbonyl (C=O) groups excluding carboxylic acids is 1. The smallest absolute Gasteiger partial charge is 0.251 e. The molecule has 0 fully saturated rings. The zero-order chi connectivity index (χ0) is 17.1. The number of guanidine groups is 1. The summed E-state index contributed by atoms with van der Waals surface area (Å²) in [5.74, 6) is 1.08. The number of benzene rings is 1. The van der Waals surface area contributed by atoms with E-state index < -0.39 is 0 Å². The molecule has 0 aliphatic heterocycles. The van der Waals surface area contributed by atoms with Gasteiger partial charge in [-0.15, -0.1) is 24.0 Å². The first-order chi connectivity index (χ1) is 11.0. The molecule has 0 spiro atoms. The van der Waals surface area contributed by atoms with Crippen LogP contribution in [0.15, 0.2) is 29.3 Å². The Labute approximate surface area is 162 Å². The largest absolute Gasteiger partial charge is 0.370 e. The minimum absolute atomic E-state index is 0. The summed E-state index contributed by atoms with van der Waals surface area (Å²) in [5.41, 5.74) is 7.54. The van der Waals surface area contributed by atoms with E-state index >= 15 is 0 Å². The summed E-state index contributed by atoms with van der Waals surface area (Å²) in [4.78, 5) is 16.2. The maximum absolute atomic E-state index is 11.9. The molecule has 24 heavy (non-hydrogen) atoms. The van der Waals surface area contributed by atoms with Crippen LogP contribution in [0.2, 0.25) is 0 Å². The van der Waals surface area contributed by atoms with Gasteiger partial charge < -0.3 is 16.4 Å². The Balaban J connectivity index is 0.00000529. The van der Waals surface area contributed by atoms with Crippen molar-refractivity contribution >= 4 is 35.8 Å². The Hall–Kier alpha value is -1.31. The molecule has 0 aliphatic rings. The zero-order valence-electron chi connectivity index (χ0n) is 15.0. The summed E-state index contributed by atoms with van der Waals surface area (Å²) in [5, 5.41) is 6.01. The van der Waals surface area contributed by atoms with Crippen LogP contribution in [-0.2, 0) is 6.54 Å². The van der Waals surface area contributed by atoms with E-state index in [1.54, 1.807) is 0 Å². The lowest BCUT2D eigenvalue weighted by molar-refractivity contribution is 0.0953. The Bertz CT molecular complexity index is 500. The summed E-state index contributed by atoms with van der Waals surface area (Å²) in [7, 11) is 0. The summed E-state index contributed by atoms with van der Waals surface area (Å²) in [6.45, 7) is 8.52. The maximum Gasteiger partial charge on any atom is 0.251 e. The van der Waals surface area contributed by atoms with Crippen LogP contribution in [0.3, 0.4) is 0 Å². The fraction of sp³-hybridized carbons (Fsp3) is 0.556. The normalized spacial score (nSPS) is 11.1. The van der Waals surface area contributed by atoms with E-state index in [2.05, 4.69) is 36.4 Å². The third-order valence-corrected chi connectivity index (χ3v) is 3.49. The van der Waals surface area contributed by atoms with E-state index in [9.17, 15) is 4.79 Å². The number of nitrogens with one attached hydrogen (secondary N) is 2. The van der Waals surface area contributed by atoms with Gasteiger partial charge in [-0.25, -0.2) is 4.99 Å². The number of hydrogen-bond acceptors (Lipinski definition) is 2. The molecule has 0 atom stereocenters. The number of rotatable bonds is 9. The molecular formula is C18H31IN4O. The first kappa shape index (κ1) is 22.7. The molecule has 0 saturated carbocycles. The molecule has 6 heteroatoms. The quantitative estimate of drug-likeness (QED) is 0.236. The van der Waals surface area contributed by atoms with E-state index in [0.717, 1.165) is 37.9 Å². The number of unbranched alkanes of at least 4 members (excludes halogenated alkanes) is 1. The molecule has 1 amide bonds. The van der Waals surface area contributed by atoms with Gasteiger partial charge in [0.05, 0.1) is 6.54 Å².